The van der Waals surface area contributed by atoms with Crippen LogP contribution in [0.25, 0.3) is 0 Å². The summed E-state index contributed by atoms with van der Waals surface area (Å²) in [6, 6.07) is -2.18. The maximum Gasteiger partial charge on any atom is 0.326 e. The van der Waals surface area contributed by atoms with Crippen molar-refractivity contribution in [1.29, 1.82) is 0 Å². The summed E-state index contributed by atoms with van der Waals surface area (Å²) < 4.78 is 5.15. The standard InChI is InChI=1S/C10H16N2O6/c1-6-5-18-3-2-12(6)10(17)11-7(9(15)16)4-8(13)14/h6-7H,2-5H2,1H3,(H,11,17)(H,13,14)(H,15,16)/t6?,7-/m1/s1. The number of carboxylic acid groups (broad SMARTS) is 2. The third-order valence-electron chi connectivity index (χ3n) is 2.60. The molecule has 0 aromatic carbocycles. The summed E-state index contributed by atoms with van der Waals surface area (Å²) in [6.45, 7) is 2.89. The summed E-state index contributed by atoms with van der Waals surface area (Å²) in [5, 5.41) is 19.6. The van der Waals surface area contributed by atoms with E-state index in [1.807, 2.05) is 0 Å². The first-order valence-corrected chi connectivity index (χ1v) is 5.51. The Morgan fingerprint density at radius 2 is 2.11 bits per heavy atom. The van der Waals surface area contributed by atoms with Crippen LogP contribution >= 0.6 is 0 Å². The first-order valence-electron chi connectivity index (χ1n) is 5.51. The van der Waals surface area contributed by atoms with Gasteiger partial charge in [-0.2, -0.15) is 0 Å². The predicted octanol–water partition coefficient (Wildman–Crippen LogP) is -0.655. The number of urea groups is 1. The third-order valence-corrected chi connectivity index (χ3v) is 2.60. The first-order chi connectivity index (χ1) is 8.41. The van der Waals surface area contributed by atoms with Crippen LogP contribution in [-0.2, 0) is 14.3 Å². The molecule has 8 nitrogen and oxygen atoms in total. The molecule has 0 aromatic rings. The number of morpholine rings is 1. The molecule has 0 bridgehead atoms. The largest absolute Gasteiger partial charge is 0.481 e. The number of aliphatic carboxylic acids is 2. The molecule has 0 aromatic heterocycles. The summed E-state index contributed by atoms with van der Waals surface area (Å²) in [5.41, 5.74) is 0. The van der Waals surface area contributed by atoms with E-state index in [9.17, 15) is 14.4 Å². The fourth-order valence-electron chi connectivity index (χ4n) is 1.64. The number of rotatable bonds is 4. The van der Waals surface area contributed by atoms with Gasteiger partial charge in [0.1, 0.15) is 6.04 Å². The van der Waals surface area contributed by atoms with Gasteiger partial charge in [-0.05, 0) is 6.92 Å². The minimum Gasteiger partial charge on any atom is -0.481 e. The van der Waals surface area contributed by atoms with Crippen LogP contribution in [0.3, 0.4) is 0 Å². The molecular formula is C10H16N2O6. The minimum atomic E-state index is -1.43. The van der Waals surface area contributed by atoms with Crippen LogP contribution in [0.15, 0.2) is 0 Å². The molecular weight excluding hydrogens is 244 g/mol. The van der Waals surface area contributed by atoms with Gasteiger partial charge in [-0.15, -0.1) is 0 Å². The van der Waals surface area contributed by atoms with Crippen molar-refractivity contribution in [2.24, 2.45) is 0 Å². The second-order valence-corrected chi connectivity index (χ2v) is 4.06. The molecule has 1 aliphatic heterocycles. The Balaban J connectivity index is 2.59. The number of carboxylic acids is 2. The number of hydrogen-bond acceptors (Lipinski definition) is 4. The van der Waals surface area contributed by atoms with E-state index in [0.29, 0.717) is 19.8 Å². The lowest BCUT2D eigenvalue weighted by atomic mass is 10.2. The molecule has 1 unspecified atom stereocenters. The van der Waals surface area contributed by atoms with Gasteiger partial charge in [-0.1, -0.05) is 0 Å². The van der Waals surface area contributed by atoms with Gasteiger partial charge in [0.2, 0.25) is 0 Å². The van der Waals surface area contributed by atoms with Crippen LogP contribution < -0.4 is 5.32 Å². The van der Waals surface area contributed by atoms with Crippen LogP contribution in [0.1, 0.15) is 13.3 Å². The van der Waals surface area contributed by atoms with Crippen LogP contribution in [0.2, 0.25) is 0 Å². The van der Waals surface area contributed by atoms with Crippen LogP contribution in [0.4, 0.5) is 4.79 Å². The Labute approximate surface area is 104 Å². The Kier molecular flexibility index (Phi) is 4.90. The number of carbonyl (C=O) groups excluding carboxylic acids is 1. The fourth-order valence-corrected chi connectivity index (χ4v) is 1.64. The molecule has 2 amide bonds. The first kappa shape index (κ1) is 14.2. The van der Waals surface area contributed by atoms with Gasteiger partial charge in [-0.3, -0.25) is 4.79 Å². The van der Waals surface area contributed by atoms with E-state index in [1.165, 1.54) is 4.90 Å². The molecule has 3 N–H and O–H groups in total. The Hall–Kier alpha value is -1.83. The van der Waals surface area contributed by atoms with E-state index in [0.717, 1.165) is 0 Å². The van der Waals surface area contributed by atoms with E-state index >= 15 is 0 Å². The van der Waals surface area contributed by atoms with Crippen molar-refractivity contribution in [2.75, 3.05) is 19.8 Å². The van der Waals surface area contributed by atoms with Gasteiger partial charge >= 0.3 is 18.0 Å². The lowest BCUT2D eigenvalue weighted by Crippen LogP contribution is -2.55. The molecule has 1 rings (SSSR count). The number of amides is 2. The molecule has 0 saturated carbocycles. The van der Waals surface area contributed by atoms with Crippen molar-refractivity contribution in [1.82, 2.24) is 10.2 Å². The Bertz CT molecular complexity index is 345. The topological polar surface area (TPSA) is 116 Å². The highest BCUT2D eigenvalue weighted by Crippen LogP contribution is 2.07. The summed E-state index contributed by atoms with van der Waals surface area (Å²) in [7, 11) is 0. The number of nitrogens with one attached hydrogen (secondary N) is 1. The molecule has 1 aliphatic rings. The summed E-state index contributed by atoms with van der Waals surface area (Å²) >= 11 is 0. The highest BCUT2D eigenvalue weighted by Gasteiger charge is 2.29. The fraction of sp³-hybridized carbons (Fsp3) is 0.700. The lowest BCUT2D eigenvalue weighted by Gasteiger charge is -2.33. The van der Waals surface area contributed by atoms with Crippen molar-refractivity contribution in [2.45, 2.75) is 25.4 Å². The number of nitrogens with zero attached hydrogens (tertiary/aromatic N) is 1. The zero-order valence-corrected chi connectivity index (χ0v) is 9.96. The normalized spacial score (nSPS) is 21.2. The highest BCUT2D eigenvalue weighted by molar-refractivity contribution is 5.86. The van der Waals surface area contributed by atoms with Crippen molar-refractivity contribution in [3.63, 3.8) is 0 Å². The zero-order chi connectivity index (χ0) is 13.7. The average Bonchev–Trinajstić information content (AvgIpc) is 2.27. The number of ether oxygens (including phenoxy) is 1. The Morgan fingerprint density at radius 3 is 2.61 bits per heavy atom. The average molecular weight is 260 g/mol. The highest BCUT2D eigenvalue weighted by atomic mass is 16.5. The van der Waals surface area contributed by atoms with Crippen molar-refractivity contribution >= 4 is 18.0 Å². The molecule has 1 fully saturated rings. The number of carbonyl (C=O) groups is 3. The molecule has 1 saturated heterocycles. The Morgan fingerprint density at radius 1 is 1.44 bits per heavy atom. The van der Waals surface area contributed by atoms with E-state index in [2.05, 4.69) is 5.32 Å². The minimum absolute atomic E-state index is 0.168. The van der Waals surface area contributed by atoms with Gasteiger partial charge in [0, 0.05) is 6.54 Å². The van der Waals surface area contributed by atoms with Crippen LogP contribution in [0, 0.1) is 0 Å². The SMILES string of the molecule is CC1COCCN1C(=O)N[C@H](CC(=O)O)C(=O)O. The van der Waals surface area contributed by atoms with Crippen LogP contribution in [-0.4, -0.2) is 64.9 Å². The molecule has 0 spiro atoms. The molecule has 0 aliphatic carbocycles. The summed E-state index contributed by atoms with van der Waals surface area (Å²) in [6.07, 6.45) is -0.653. The van der Waals surface area contributed by atoms with E-state index in [-0.39, 0.29) is 6.04 Å². The molecule has 8 heteroatoms. The van der Waals surface area contributed by atoms with Gasteiger partial charge in [0.25, 0.3) is 0 Å². The zero-order valence-electron chi connectivity index (χ0n) is 9.96. The van der Waals surface area contributed by atoms with Gasteiger partial charge < -0.3 is 25.2 Å². The monoisotopic (exact) mass is 260 g/mol. The van der Waals surface area contributed by atoms with E-state index in [1.54, 1.807) is 6.92 Å². The maximum absolute atomic E-state index is 11.8. The second-order valence-electron chi connectivity index (χ2n) is 4.06. The van der Waals surface area contributed by atoms with Crippen LogP contribution in [0.5, 0.6) is 0 Å². The van der Waals surface area contributed by atoms with Crippen molar-refractivity contribution in [3.8, 4) is 0 Å². The molecule has 1 heterocycles. The molecule has 18 heavy (non-hydrogen) atoms. The van der Waals surface area contributed by atoms with Gasteiger partial charge in [-0.25, -0.2) is 9.59 Å². The third kappa shape index (κ3) is 3.88. The van der Waals surface area contributed by atoms with E-state index in [4.69, 9.17) is 14.9 Å². The predicted molar refractivity (Wildman–Crippen MR) is 59.2 cm³/mol. The smallest absolute Gasteiger partial charge is 0.326 e. The molecule has 102 valence electrons. The number of hydrogen-bond donors (Lipinski definition) is 3. The second kappa shape index (κ2) is 6.20. The van der Waals surface area contributed by atoms with Gasteiger partial charge in [0.05, 0.1) is 25.7 Å². The van der Waals surface area contributed by atoms with Crippen molar-refractivity contribution < 1.29 is 29.3 Å². The van der Waals surface area contributed by atoms with E-state index < -0.39 is 30.4 Å². The molecule has 2 atom stereocenters. The van der Waals surface area contributed by atoms with Crippen molar-refractivity contribution in [3.05, 3.63) is 0 Å². The quantitative estimate of drug-likeness (QED) is 0.618. The maximum atomic E-state index is 11.8. The van der Waals surface area contributed by atoms with Gasteiger partial charge in [0.15, 0.2) is 0 Å². The summed E-state index contributed by atoms with van der Waals surface area (Å²) in [5.74, 6) is -2.65. The lowest BCUT2D eigenvalue weighted by molar-refractivity contribution is -0.145. The summed E-state index contributed by atoms with van der Waals surface area (Å²) in [4.78, 5) is 34.5. The molecule has 0 radical (unpaired) electrons.